The number of nitrogens with zero attached hydrogens (tertiary/aromatic N) is 1. The van der Waals surface area contributed by atoms with E-state index in [4.69, 9.17) is 4.74 Å². The van der Waals surface area contributed by atoms with Crippen molar-refractivity contribution in [3.8, 4) is 11.5 Å². The Balaban J connectivity index is 2.24. The van der Waals surface area contributed by atoms with Crippen LogP contribution in [0.3, 0.4) is 0 Å². The number of ketones is 1. The number of rotatable bonds is 3. The summed E-state index contributed by atoms with van der Waals surface area (Å²) in [6, 6.07) is 5.02. The molecule has 0 bridgehead atoms. The number of hydrogen-bond acceptors (Lipinski definition) is 5. The Morgan fingerprint density at radius 3 is 2.79 bits per heavy atom. The van der Waals surface area contributed by atoms with Crippen LogP contribution in [0.2, 0.25) is 0 Å². The van der Waals surface area contributed by atoms with E-state index in [1.807, 2.05) is 6.92 Å². The van der Waals surface area contributed by atoms with Crippen molar-refractivity contribution in [1.82, 2.24) is 10.2 Å². The molecule has 6 nitrogen and oxygen atoms in total. The first-order valence-electron chi connectivity index (χ1n) is 7.89. The number of aromatic nitrogens is 2. The molecular formula is C18H22N2O4. The van der Waals surface area contributed by atoms with Crippen molar-refractivity contribution in [1.29, 1.82) is 0 Å². The van der Waals surface area contributed by atoms with Crippen LogP contribution < -0.4 is 4.74 Å². The number of H-pyrrole nitrogens is 1. The summed E-state index contributed by atoms with van der Waals surface area (Å²) >= 11 is 0. The lowest BCUT2D eigenvalue weighted by Crippen LogP contribution is -2.48. The van der Waals surface area contributed by atoms with Gasteiger partial charge in [-0.05, 0) is 38.5 Å². The van der Waals surface area contributed by atoms with Crippen molar-refractivity contribution in [3.05, 3.63) is 40.7 Å². The fourth-order valence-corrected chi connectivity index (χ4v) is 3.93. The molecule has 3 rings (SSSR count). The summed E-state index contributed by atoms with van der Waals surface area (Å²) in [6.07, 6.45) is 0.322. The molecule has 0 amide bonds. The average molecular weight is 330 g/mol. The van der Waals surface area contributed by atoms with Crippen LogP contribution in [0.5, 0.6) is 11.5 Å². The van der Waals surface area contributed by atoms with Crippen molar-refractivity contribution in [2.75, 3.05) is 7.11 Å². The number of hydrogen-bond donors (Lipinski definition) is 3. The van der Waals surface area contributed by atoms with E-state index in [1.54, 1.807) is 25.1 Å². The van der Waals surface area contributed by atoms with Crippen LogP contribution >= 0.6 is 0 Å². The number of phenolic OH excluding ortho intramolecular Hbond substituents is 1. The molecule has 1 aliphatic carbocycles. The number of phenols is 1. The van der Waals surface area contributed by atoms with Crippen LogP contribution in [0, 0.1) is 12.8 Å². The Labute approximate surface area is 140 Å². The molecule has 1 aliphatic rings. The van der Waals surface area contributed by atoms with Crippen molar-refractivity contribution in [2.24, 2.45) is 5.92 Å². The Bertz CT molecular complexity index is 794. The first-order valence-corrected chi connectivity index (χ1v) is 7.89. The summed E-state index contributed by atoms with van der Waals surface area (Å²) in [6.45, 7) is 5.09. The summed E-state index contributed by atoms with van der Waals surface area (Å²) in [7, 11) is 1.48. The molecule has 2 aromatic rings. The average Bonchev–Trinajstić information content (AvgIpc) is 2.85. The van der Waals surface area contributed by atoms with Crippen molar-refractivity contribution in [3.63, 3.8) is 0 Å². The topological polar surface area (TPSA) is 95.4 Å². The van der Waals surface area contributed by atoms with Crippen LogP contribution in [0.25, 0.3) is 0 Å². The van der Waals surface area contributed by atoms with Crippen LogP contribution in [0.1, 0.15) is 42.3 Å². The molecule has 1 heterocycles. The van der Waals surface area contributed by atoms with Gasteiger partial charge in [-0.2, -0.15) is 5.10 Å². The second-order valence-electron chi connectivity index (χ2n) is 6.74. The summed E-state index contributed by atoms with van der Waals surface area (Å²) < 4.78 is 5.20. The molecule has 24 heavy (non-hydrogen) atoms. The Hall–Kier alpha value is -2.34. The Kier molecular flexibility index (Phi) is 3.87. The minimum absolute atomic E-state index is 0.0346. The second kappa shape index (κ2) is 5.63. The zero-order valence-corrected chi connectivity index (χ0v) is 14.3. The Morgan fingerprint density at radius 1 is 1.46 bits per heavy atom. The molecule has 128 valence electrons. The Morgan fingerprint density at radius 2 is 2.17 bits per heavy atom. The van der Waals surface area contributed by atoms with Gasteiger partial charge in [0, 0.05) is 23.6 Å². The lowest BCUT2D eigenvalue weighted by atomic mass is 9.64. The summed E-state index contributed by atoms with van der Waals surface area (Å²) in [5.74, 6) is -0.664. The molecule has 0 unspecified atom stereocenters. The lowest BCUT2D eigenvalue weighted by Gasteiger charge is -2.41. The number of fused-ring (bicyclic) bond motifs is 1. The third kappa shape index (κ3) is 2.47. The molecular weight excluding hydrogens is 308 g/mol. The number of ether oxygens (including phenoxy) is 1. The van der Waals surface area contributed by atoms with E-state index >= 15 is 0 Å². The van der Waals surface area contributed by atoms with Gasteiger partial charge in [0.05, 0.1) is 24.3 Å². The third-order valence-corrected chi connectivity index (χ3v) is 4.91. The first kappa shape index (κ1) is 16.5. The number of aromatic hydroxyl groups is 1. The van der Waals surface area contributed by atoms with Crippen LogP contribution in [0.4, 0.5) is 0 Å². The molecule has 0 saturated carbocycles. The fraction of sp³-hybridized carbons (Fsp3) is 0.444. The quantitative estimate of drug-likeness (QED) is 0.801. The van der Waals surface area contributed by atoms with Crippen LogP contribution in [-0.4, -0.2) is 38.9 Å². The van der Waals surface area contributed by atoms with Gasteiger partial charge in [-0.3, -0.25) is 9.89 Å². The third-order valence-electron chi connectivity index (χ3n) is 4.91. The highest BCUT2D eigenvalue weighted by Gasteiger charge is 2.48. The minimum Gasteiger partial charge on any atom is -0.504 e. The molecule has 0 fully saturated rings. The molecule has 3 atom stereocenters. The maximum atomic E-state index is 12.4. The number of aliphatic hydroxyl groups is 1. The normalized spacial score (nSPS) is 26.0. The summed E-state index contributed by atoms with van der Waals surface area (Å²) in [5.41, 5.74) is 2.19. The number of aryl methyl sites for hydroxylation is 1. The van der Waals surface area contributed by atoms with E-state index < -0.39 is 11.5 Å². The van der Waals surface area contributed by atoms with Gasteiger partial charge in [0.25, 0.3) is 0 Å². The van der Waals surface area contributed by atoms with Crippen molar-refractivity contribution >= 4 is 5.78 Å². The number of methoxy groups -OCH3 is 1. The number of carbonyl (C=O) groups excluding carboxylic acids is 1. The van der Waals surface area contributed by atoms with E-state index in [0.29, 0.717) is 12.2 Å². The van der Waals surface area contributed by atoms with E-state index in [2.05, 4.69) is 10.2 Å². The number of benzene rings is 1. The largest absolute Gasteiger partial charge is 0.504 e. The van der Waals surface area contributed by atoms with Gasteiger partial charge in [0.1, 0.15) is 5.78 Å². The number of nitrogens with one attached hydrogen (secondary N) is 1. The van der Waals surface area contributed by atoms with Crippen molar-refractivity contribution in [2.45, 2.75) is 38.7 Å². The number of Topliss-reactive ketones (excluding diaryl/α,β-unsaturated/α-hetero) is 1. The molecule has 0 saturated heterocycles. The monoisotopic (exact) mass is 330 g/mol. The maximum absolute atomic E-state index is 12.4. The molecule has 3 N–H and O–H groups in total. The van der Waals surface area contributed by atoms with Crippen LogP contribution in [-0.2, 0) is 11.2 Å². The van der Waals surface area contributed by atoms with Gasteiger partial charge in [-0.15, -0.1) is 0 Å². The van der Waals surface area contributed by atoms with Gasteiger partial charge in [-0.25, -0.2) is 0 Å². The number of aromatic amines is 1. The molecule has 0 radical (unpaired) electrons. The first-order chi connectivity index (χ1) is 11.3. The van der Waals surface area contributed by atoms with E-state index in [9.17, 15) is 15.0 Å². The lowest BCUT2D eigenvalue weighted by molar-refractivity contribution is -0.130. The number of carbonyl (C=O) groups is 1. The molecule has 1 aromatic heterocycles. The molecule has 6 heteroatoms. The van der Waals surface area contributed by atoms with Gasteiger partial charge >= 0.3 is 0 Å². The van der Waals surface area contributed by atoms with Crippen LogP contribution in [0.15, 0.2) is 18.2 Å². The summed E-state index contributed by atoms with van der Waals surface area (Å²) in [4.78, 5) is 12.4. The zero-order chi connectivity index (χ0) is 17.6. The van der Waals surface area contributed by atoms with Crippen molar-refractivity contribution < 1.29 is 19.7 Å². The smallest absolute Gasteiger partial charge is 0.160 e. The standard InChI is InChI=1S/C18H22N2O4/c1-9-15-12(20-19-9)8-18(3,23)17(10(2)21)16(15)11-5-6-13(22)14(7-11)24-4/h5-7,16-17,22-23H,8H2,1-4H3,(H,19,20)/t16-,17+,18+/m0/s1. The van der Waals surface area contributed by atoms with Gasteiger partial charge < -0.3 is 14.9 Å². The van der Waals surface area contributed by atoms with Gasteiger partial charge in [0.15, 0.2) is 11.5 Å². The van der Waals surface area contributed by atoms with Gasteiger partial charge in [-0.1, -0.05) is 6.07 Å². The van der Waals surface area contributed by atoms with E-state index in [-0.39, 0.29) is 17.5 Å². The van der Waals surface area contributed by atoms with Gasteiger partial charge in [0.2, 0.25) is 0 Å². The van der Waals surface area contributed by atoms with E-state index in [1.165, 1.54) is 14.0 Å². The minimum atomic E-state index is -1.20. The molecule has 1 aromatic carbocycles. The molecule has 0 spiro atoms. The second-order valence-corrected chi connectivity index (χ2v) is 6.74. The molecule has 0 aliphatic heterocycles. The predicted octanol–water partition coefficient (Wildman–Crippen LogP) is 2.08. The SMILES string of the molecule is COc1cc([C@H]2c3c(n[nH]c3C)C[C@@](C)(O)[C@@H]2C(C)=O)ccc1O. The maximum Gasteiger partial charge on any atom is 0.160 e. The summed E-state index contributed by atoms with van der Waals surface area (Å²) in [5, 5.41) is 28.0. The zero-order valence-electron chi connectivity index (χ0n) is 14.3. The fourth-order valence-electron chi connectivity index (χ4n) is 3.93. The highest BCUT2D eigenvalue weighted by molar-refractivity contribution is 5.82. The predicted molar refractivity (Wildman–Crippen MR) is 88.3 cm³/mol. The highest BCUT2D eigenvalue weighted by atomic mass is 16.5. The highest BCUT2D eigenvalue weighted by Crippen LogP contribution is 2.47. The van der Waals surface area contributed by atoms with E-state index in [0.717, 1.165) is 22.5 Å².